The summed E-state index contributed by atoms with van der Waals surface area (Å²) in [5.41, 5.74) is 0.557. The molecule has 1 unspecified atom stereocenters. The van der Waals surface area contributed by atoms with Gasteiger partial charge in [-0.05, 0) is 36.4 Å². The van der Waals surface area contributed by atoms with E-state index >= 15 is 0 Å². The molecule has 0 fully saturated rings. The van der Waals surface area contributed by atoms with Gasteiger partial charge < -0.3 is 0 Å². The third kappa shape index (κ3) is 5.47. The van der Waals surface area contributed by atoms with Crippen LogP contribution in [-0.2, 0) is 9.73 Å². The minimum atomic E-state index is -3.01. The van der Waals surface area contributed by atoms with E-state index in [1.54, 1.807) is 18.2 Å². The molecule has 3 aromatic rings. The van der Waals surface area contributed by atoms with Gasteiger partial charge in [-0.3, -0.25) is 9.78 Å². The Morgan fingerprint density at radius 3 is 2.41 bits per heavy atom. The monoisotopic (exact) mass is 430 g/mol. The van der Waals surface area contributed by atoms with E-state index in [0.29, 0.717) is 15.5 Å². The number of carbonyl (C=O) groups excluding carboxylic acids is 1. The summed E-state index contributed by atoms with van der Waals surface area (Å²) in [5.74, 6) is 3.08. The number of carbonyl (C=O) groups is 1. The van der Waals surface area contributed by atoms with Crippen molar-refractivity contribution in [2.45, 2.75) is 4.90 Å². The lowest BCUT2D eigenvalue weighted by Gasteiger charge is -2.04. The largest absolute Gasteiger partial charge is 0.286 e. The molecule has 0 aliphatic rings. The van der Waals surface area contributed by atoms with Crippen molar-refractivity contribution in [1.29, 1.82) is 0 Å². The summed E-state index contributed by atoms with van der Waals surface area (Å²) >= 11 is 5.91. The molecule has 1 atom stereocenters. The molecule has 4 nitrogen and oxygen atoms in total. The van der Waals surface area contributed by atoms with Crippen LogP contribution < -0.4 is 0 Å². The molecule has 1 aromatic heterocycles. The van der Waals surface area contributed by atoms with Gasteiger partial charge >= 0.3 is 0 Å². The minimum Gasteiger partial charge on any atom is -0.266 e. The highest BCUT2D eigenvalue weighted by Gasteiger charge is 2.12. The zero-order valence-corrected chi connectivity index (χ0v) is 16.6. The van der Waals surface area contributed by atoms with Crippen molar-refractivity contribution in [3.05, 3.63) is 94.3 Å². The van der Waals surface area contributed by atoms with Crippen molar-refractivity contribution >= 4 is 27.2 Å². The van der Waals surface area contributed by atoms with E-state index in [0.717, 1.165) is 18.2 Å². The smallest absolute Gasteiger partial charge is 0.266 e. The van der Waals surface area contributed by atoms with Gasteiger partial charge in [0.1, 0.15) is 11.6 Å². The van der Waals surface area contributed by atoms with E-state index in [-0.39, 0.29) is 11.1 Å². The first-order valence-electron chi connectivity index (χ1n) is 8.18. The van der Waals surface area contributed by atoms with Gasteiger partial charge in [-0.15, -0.1) is 0 Å². The van der Waals surface area contributed by atoms with Gasteiger partial charge in [0.05, 0.1) is 15.3 Å². The molecule has 1 amide bonds. The van der Waals surface area contributed by atoms with E-state index in [1.165, 1.54) is 30.8 Å². The highest BCUT2D eigenvalue weighted by Crippen LogP contribution is 2.18. The summed E-state index contributed by atoms with van der Waals surface area (Å²) < 4.78 is 43.1. The third-order valence-corrected chi connectivity index (χ3v) is 5.57. The van der Waals surface area contributed by atoms with Crippen LogP contribution in [0.2, 0.25) is 5.02 Å². The molecule has 146 valence electrons. The van der Waals surface area contributed by atoms with Gasteiger partial charge in [-0.1, -0.05) is 29.5 Å². The SMILES string of the molecule is CS(=O)(=NC(=O)c1cncc(C#Cc2cc(F)cc(F)c2)c1)c1cccc(Cl)c1. The lowest BCUT2D eigenvalue weighted by Crippen LogP contribution is -2.04. The maximum atomic E-state index is 13.2. The maximum Gasteiger partial charge on any atom is 0.286 e. The molecule has 2 aromatic carbocycles. The average Bonchev–Trinajstić information content (AvgIpc) is 2.65. The Kier molecular flexibility index (Phi) is 6.06. The standard InChI is InChI=1S/C21H13ClF2N2O2S/c1-29(28,20-4-2-3-17(22)10-20)26-21(27)16-7-15(12-25-13-16)6-5-14-8-18(23)11-19(24)9-14/h2-4,7-13H,1H3. The summed E-state index contributed by atoms with van der Waals surface area (Å²) in [6, 6.07) is 10.6. The van der Waals surface area contributed by atoms with Crippen LogP contribution in [0.3, 0.4) is 0 Å². The molecule has 0 aliphatic carbocycles. The van der Waals surface area contributed by atoms with Crippen molar-refractivity contribution in [3.63, 3.8) is 0 Å². The van der Waals surface area contributed by atoms with Crippen LogP contribution in [0.15, 0.2) is 70.2 Å². The molecule has 0 saturated heterocycles. The van der Waals surface area contributed by atoms with E-state index in [1.807, 2.05) is 0 Å². The zero-order valence-electron chi connectivity index (χ0n) is 15.0. The number of aromatic nitrogens is 1. The second kappa shape index (κ2) is 8.52. The fourth-order valence-corrected chi connectivity index (χ4v) is 3.82. The predicted octanol–water partition coefficient (Wildman–Crippen LogP) is 4.71. The summed E-state index contributed by atoms with van der Waals surface area (Å²) in [6.45, 7) is 0. The van der Waals surface area contributed by atoms with E-state index in [9.17, 15) is 17.8 Å². The fraction of sp³-hybridized carbons (Fsp3) is 0.0476. The Labute approximate surface area is 171 Å². The van der Waals surface area contributed by atoms with Crippen LogP contribution in [0.5, 0.6) is 0 Å². The van der Waals surface area contributed by atoms with Gasteiger partial charge in [-0.2, -0.15) is 4.36 Å². The molecule has 8 heteroatoms. The molecule has 0 bridgehead atoms. The second-order valence-corrected chi connectivity index (χ2v) is 8.72. The van der Waals surface area contributed by atoms with Gasteiger partial charge in [0.25, 0.3) is 5.91 Å². The van der Waals surface area contributed by atoms with Crippen molar-refractivity contribution in [3.8, 4) is 11.8 Å². The van der Waals surface area contributed by atoms with E-state index < -0.39 is 27.3 Å². The van der Waals surface area contributed by atoms with Gasteiger partial charge in [-0.25, -0.2) is 13.0 Å². The number of rotatable bonds is 2. The number of pyridine rings is 1. The van der Waals surface area contributed by atoms with E-state index in [2.05, 4.69) is 21.2 Å². The molecular weight excluding hydrogens is 418 g/mol. The van der Waals surface area contributed by atoms with Crippen LogP contribution in [0.4, 0.5) is 8.78 Å². The van der Waals surface area contributed by atoms with Crippen LogP contribution in [0, 0.1) is 23.5 Å². The summed E-state index contributed by atoms with van der Waals surface area (Å²) in [4.78, 5) is 16.7. The van der Waals surface area contributed by atoms with Crippen LogP contribution in [0.1, 0.15) is 21.5 Å². The van der Waals surface area contributed by atoms with Crippen LogP contribution >= 0.6 is 11.6 Å². The Hall–Kier alpha value is -3.08. The Morgan fingerprint density at radius 1 is 1.03 bits per heavy atom. The average molecular weight is 431 g/mol. The summed E-state index contributed by atoms with van der Waals surface area (Å²) in [5, 5.41) is 0.382. The van der Waals surface area contributed by atoms with Crippen molar-refractivity contribution in [2.75, 3.05) is 6.26 Å². The number of benzene rings is 2. The quantitative estimate of drug-likeness (QED) is 0.553. The topological polar surface area (TPSA) is 59.4 Å². The van der Waals surface area contributed by atoms with Crippen LogP contribution in [-0.4, -0.2) is 21.4 Å². The first kappa shape index (κ1) is 20.6. The first-order valence-corrected chi connectivity index (χ1v) is 10.5. The molecule has 0 aliphatic heterocycles. The fourth-order valence-electron chi connectivity index (χ4n) is 2.36. The van der Waals surface area contributed by atoms with Crippen LogP contribution in [0.25, 0.3) is 0 Å². The number of hydrogen-bond donors (Lipinski definition) is 0. The zero-order chi connectivity index (χ0) is 21.0. The summed E-state index contributed by atoms with van der Waals surface area (Å²) in [6.07, 6.45) is 4.00. The Balaban J connectivity index is 1.90. The number of hydrogen-bond acceptors (Lipinski definition) is 3. The molecule has 1 heterocycles. The van der Waals surface area contributed by atoms with Gasteiger partial charge in [0.2, 0.25) is 0 Å². The van der Waals surface area contributed by atoms with Crippen molar-refractivity contribution in [2.24, 2.45) is 4.36 Å². The number of halogens is 3. The molecule has 0 saturated carbocycles. The lowest BCUT2D eigenvalue weighted by atomic mass is 10.1. The second-order valence-electron chi connectivity index (χ2n) is 6.03. The highest BCUT2D eigenvalue weighted by atomic mass is 35.5. The Morgan fingerprint density at radius 2 is 1.72 bits per heavy atom. The van der Waals surface area contributed by atoms with E-state index in [4.69, 9.17) is 11.6 Å². The normalized spacial score (nSPS) is 12.4. The first-order chi connectivity index (χ1) is 13.7. The third-order valence-electron chi connectivity index (χ3n) is 3.69. The molecule has 0 radical (unpaired) electrons. The van der Waals surface area contributed by atoms with Crippen molar-refractivity contribution < 1.29 is 17.8 Å². The van der Waals surface area contributed by atoms with Gasteiger partial charge in [0.15, 0.2) is 0 Å². The highest BCUT2D eigenvalue weighted by molar-refractivity contribution is 7.93. The lowest BCUT2D eigenvalue weighted by molar-refractivity contribution is 0.100. The maximum absolute atomic E-state index is 13.2. The number of amides is 1. The van der Waals surface area contributed by atoms with Gasteiger partial charge in [0, 0.05) is 45.8 Å². The Bertz CT molecular complexity index is 1270. The molecule has 0 spiro atoms. The number of nitrogens with zero attached hydrogens (tertiary/aromatic N) is 2. The van der Waals surface area contributed by atoms with Crippen molar-refractivity contribution in [1.82, 2.24) is 4.98 Å². The molecule has 29 heavy (non-hydrogen) atoms. The molecule has 0 N–H and O–H groups in total. The predicted molar refractivity (Wildman–Crippen MR) is 107 cm³/mol. The summed E-state index contributed by atoms with van der Waals surface area (Å²) in [7, 11) is -3.01. The minimum absolute atomic E-state index is 0.0822. The molecular formula is C21H13ClF2N2O2S. The molecule has 3 rings (SSSR count).